The van der Waals surface area contributed by atoms with Crippen molar-refractivity contribution in [3.8, 4) is 0 Å². The van der Waals surface area contributed by atoms with Gasteiger partial charge in [0.2, 0.25) is 5.91 Å². The number of carbonyl (C=O) groups is 2. The van der Waals surface area contributed by atoms with Crippen LogP contribution in [0.3, 0.4) is 0 Å². The number of amides is 2. The summed E-state index contributed by atoms with van der Waals surface area (Å²) in [5.41, 5.74) is 5.38. The van der Waals surface area contributed by atoms with Gasteiger partial charge in [-0.15, -0.1) is 11.3 Å². The van der Waals surface area contributed by atoms with Crippen molar-refractivity contribution in [3.05, 3.63) is 57.0 Å². The standard InChI is InChI=1S/C20H20N4O3S2/c25-17(22-23-18(26)16-10-5-11-28-16)12-29-20-21-15-9-4-3-8-14(15)19(27)24(20)13-6-1-2-7-13/h3-5,8-11,13H,1-2,6-7,12H2,(H,22,25)(H,23,26). The molecule has 1 saturated carbocycles. The van der Waals surface area contributed by atoms with E-state index in [9.17, 15) is 14.4 Å². The summed E-state index contributed by atoms with van der Waals surface area (Å²) >= 11 is 2.51. The average Bonchev–Trinajstić information content (AvgIpc) is 3.45. The Balaban J connectivity index is 1.49. The van der Waals surface area contributed by atoms with Crippen molar-refractivity contribution in [1.29, 1.82) is 0 Å². The highest BCUT2D eigenvalue weighted by atomic mass is 32.2. The van der Waals surface area contributed by atoms with Gasteiger partial charge in [-0.2, -0.15) is 0 Å². The summed E-state index contributed by atoms with van der Waals surface area (Å²) in [6.07, 6.45) is 4.06. The lowest BCUT2D eigenvalue weighted by molar-refractivity contribution is -0.119. The van der Waals surface area contributed by atoms with Crippen molar-refractivity contribution in [1.82, 2.24) is 20.4 Å². The maximum absolute atomic E-state index is 13.1. The van der Waals surface area contributed by atoms with Gasteiger partial charge in [0, 0.05) is 6.04 Å². The zero-order chi connectivity index (χ0) is 20.2. The van der Waals surface area contributed by atoms with E-state index in [0.29, 0.717) is 20.9 Å². The van der Waals surface area contributed by atoms with Crippen LogP contribution < -0.4 is 16.4 Å². The molecule has 29 heavy (non-hydrogen) atoms. The van der Waals surface area contributed by atoms with Gasteiger partial charge in [0.25, 0.3) is 11.5 Å². The highest BCUT2D eigenvalue weighted by molar-refractivity contribution is 7.99. The lowest BCUT2D eigenvalue weighted by Crippen LogP contribution is -2.42. The summed E-state index contributed by atoms with van der Waals surface area (Å²) in [7, 11) is 0. The SMILES string of the molecule is O=C(CSc1nc2ccccc2c(=O)n1C1CCCC1)NNC(=O)c1cccs1. The third-order valence-corrected chi connectivity index (χ3v) is 6.68. The molecular weight excluding hydrogens is 408 g/mol. The molecule has 2 heterocycles. The van der Waals surface area contributed by atoms with Gasteiger partial charge in [0.15, 0.2) is 5.16 Å². The predicted octanol–water partition coefficient (Wildman–Crippen LogP) is 3.13. The number of nitrogens with zero attached hydrogens (tertiary/aromatic N) is 2. The largest absolute Gasteiger partial charge is 0.284 e. The van der Waals surface area contributed by atoms with Crippen LogP contribution in [0.15, 0.2) is 51.7 Å². The minimum absolute atomic E-state index is 0.0439. The molecule has 3 aromatic rings. The minimum atomic E-state index is -0.361. The predicted molar refractivity (Wildman–Crippen MR) is 114 cm³/mol. The molecule has 1 aliphatic rings. The Morgan fingerprint density at radius 2 is 1.93 bits per heavy atom. The maximum Gasteiger partial charge on any atom is 0.279 e. The van der Waals surface area contributed by atoms with Gasteiger partial charge in [-0.25, -0.2) is 4.98 Å². The normalized spacial score (nSPS) is 14.2. The van der Waals surface area contributed by atoms with E-state index < -0.39 is 0 Å². The second-order valence-electron chi connectivity index (χ2n) is 6.79. The zero-order valence-corrected chi connectivity index (χ0v) is 17.2. The second-order valence-corrected chi connectivity index (χ2v) is 8.68. The molecule has 150 valence electrons. The topological polar surface area (TPSA) is 93.1 Å². The number of hydrogen-bond acceptors (Lipinski definition) is 6. The van der Waals surface area contributed by atoms with Crippen molar-refractivity contribution in [2.45, 2.75) is 36.9 Å². The van der Waals surface area contributed by atoms with Crippen LogP contribution in [-0.2, 0) is 4.79 Å². The zero-order valence-electron chi connectivity index (χ0n) is 15.6. The number of nitrogens with one attached hydrogen (secondary N) is 2. The van der Waals surface area contributed by atoms with E-state index in [1.54, 1.807) is 34.2 Å². The molecule has 1 aromatic carbocycles. The lowest BCUT2D eigenvalue weighted by atomic mass is 10.2. The van der Waals surface area contributed by atoms with Gasteiger partial charge >= 0.3 is 0 Å². The van der Waals surface area contributed by atoms with Crippen LogP contribution in [0.25, 0.3) is 10.9 Å². The molecule has 0 radical (unpaired) electrons. The Hall–Kier alpha value is -2.65. The van der Waals surface area contributed by atoms with Crippen LogP contribution in [0.1, 0.15) is 41.4 Å². The molecule has 2 amide bonds. The monoisotopic (exact) mass is 428 g/mol. The van der Waals surface area contributed by atoms with Crippen molar-refractivity contribution in [3.63, 3.8) is 0 Å². The Labute approximate surface area is 175 Å². The van der Waals surface area contributed by atoms with Gasteiger partial charge in [-0.1, -0.05) is 42.8 Å². The van der Waals surface area contributed by atoms with Crippen molar-refractivity contribution < 1.29 is 9.59 Å². The number of carbonyl (C=O) groups excluding carboxylic acids is 2. The number of para-hydroxylation sites is 1. The molecule has 0 atom stereocenters. The summed E-state index contributed by atoms with van der Waals surface area (Å²) in [6.45, 7) is 0. The fourth-order valence-corrected chi connectivity index (χ4v) is 4.96. The summed E-state index contributed by atoms with van der Waals surface area (Å²) in [6, 6.07) is 10.8. The molecular formula is C20H20N4O3S2. The number of benzene rings is 1. The van der Waals surface area contributed by atoms with Gasteiger partial charge in [0.1, 0.15) is 0 Å². The molecule has 1 fully saturated rings. The van der Waals surface area contributed by atoms with Gasteiger partial charge in [-0.3, -0.25) is 29.8 Å². The molecule has 2 aromatic heterocycles. The third-order valence-electron chi connectivity index (χ3n) is 4.86. The first-order valence-electron chi connectivity index (χ1n) is 9.40. The van der Waals surface area contributed by atoms with Crippen LogP contribution in [-0.4, -0.2) is 27.1 Å². The number of rotatable bonds is 5. The molecule has 1 aliphatic carbocycles. The minimum Gasteiger partial charge on any atom is -0.284 e. The summed E-state index contributed by atoms with van der Waals surface area (Å²) in [4.78, 5) is 42.4. The molecule has 0 bridgehead atoms. The van der Waals surface area contributed by atoms with E-state index in [-0.39, 0.29) is 29.2 Å². The number of hydrogen-bond donors (Lipinski definition) is 2. The third kappa shape index (κ3) is 4.35. The molecule has 9 heteroatoms. The lowest BCUT2D eigenvalue weighted by Gasteiger charge is -2.18. The fraction of sp³-hybridized carbons (Fsp3) is 0.300. The summed E-state index contributed by atoms with van der Waals surface area (Å²) in [5, 5.41) is 2.93. The van der Waals surface area contributed by atoms with Gasteiger partial charge < -0.3 is 0 Å². The van der Waals surface area contributed by atoms with Gasteiger partial charge in [-0.05, 0) is 36.4 Å². The number of fused-ring (bicyclic) bond motifs is 1. The molecule has 0 unspecified atom stereocenters. The van der Waals surface area contributed by atoms with Gasteiger partial charge in [0.05, 0.1) is 21.5 Å². The number of aromatic nitrogens is 2. The van der Waals surface area contributed by atoms with E-state index in [1.807, 2.05) is 12.1 Å². The molecule has 0 spiro atoms. The first-order chi connectivity index (χ1) is 14.1. The summed E-state index contributed by atoms with van der Waals surface area (Å²) < 4.78 is 1.75. The van der Waals surface area contributed by atoms with E-state index in [0.717, 1.165) is 25.7 Å². The fourth-order valence-electron chi connectivity index (χ4n) is 3.47. The number of hydrazine groups is 1. The van der Waals surface area contributed by atoms with E-state index >= 15 is 0 Å². The Morgan fingerprint density at radius 1 is 1.14 bits per heavy atom. The molecule has 2 N–H and O–H groups in total. The first kappa shape index (κ1) is 19.7. The van der Waals surface area contributed by atoms with Crippen LogP contribution >= 0.6 is 23.1 Å². The Morgan fingerprint density at radius 3 is 2.69 bits per heavy atom. The molecule has 0 saturated heterocycles. The van der Waals surface area contributed by atoms with E-state index in [1.165, 1.54) is 23.1 Å². The van der Waals surface area contributed by atoms with Crippen molar-refractivity contribution >= 4 is 45.8 Å². The number of thioether (sulfide) groups is 1. The molecule has 0 aliphatic heterocycles. The van der Waals surface area contributed by atoms with E-state index in [2.05, 4.69) is 15.8 Å². The Kier molecular flexibility index (Phi) is 5.96. The molecule has 7 nitrogen and oxygen atoms in total. The summed E-state index contributed by atoms with van der Waals surface area (Å²) in [5.74, 6) is -0.673. The molecule has 4 rings (SSSR count). The Bertz CT molecular complexity index is 1090. The quantitative estimate of drug-likeness (QED) is 0.370. The number of thiophene rings is 1. The van der Waals surface area contributed by atoms with E-state index in [4.69, 9.17) is 0 Å². The van der Waals surface area contributed by atoms with Crippen LogP contribution in [0, 0.1) is 0 Å². The van der Waals surface area contributed by atoms with Crippen LogP contribution in [0.2, 0.25) is 0 Å². The van der Waals surface area contributed by atoms with Crippen molar-refractivity contribution in [2.75, 3.05) is 5.75 Å². The average molecular weight is 429 g/mol. The van der Waals surface area contributed by atoms with Crippen molar-refractivity contribution in [2.24, 2.45) is 0 Å². The second kappa shape index (κ2) is 8.79. The highest BCUT2D eigenvalue weighted by Gasteiger charge is 2.23. The smallest absolute Gasteiger partial charge is 0.279 e. The highest BCUT2D eigenvalue weighted by Crippen LogP contribution is 2.32. The maximum atomic E-state index is 13.1. The first-order valence-corrected chi connectivity index (χ1v) is 11.3. The van der Waals surface area contributed by atoms with Crippen LogP contribution in [0.5, 0.6) is 0 Å². The van der Waals surface area contributed by atoms with Crippen LogP contribution in [0.4, 0.5) is 0 Å².